The first-order valence-corrected chi connectivity index (χ1v) is 7.66. The maximum Gasteiger partial charge on any atom is 0.138 e. The second-order valence-corrected chi connectivity index (χ2v) is 6.56. The Morgan fingerprint density at radius 3 is 2.42 bits per heavy atom. The molecule has 1 aromatic heterocycles. The van der Waals surface area contributed by atoms with Gasteiger partial charge < -0.3 is 5.73 Å². The number of hydrogen-bond donors (Lipinski definition) is 1. The smallest absolute Gasteiger partial charge is 0.138 e. The summed E-state index contributed by atoms with van der Waals surface area (Å²) in [6.07, 6.45) is 2.25. The molecule has 0 amide bonds. The van der Waals surface area contributed by atoms with Crippen molar-refractivity contribution in [2.75, 3.05) is 0 Å². The fraction of sp³-hybridized carbons (Fsp3) is 0.385. The number of rotatable bonds is 4. The van der Waals surface area contributed by atoms with Crippen LogP contribution < -0.4 is 5.73 Å². The van der Waals surface area contributed by atoms with Gasteiger partial charge in [0.15, 0.2) is 0 Å². The van der Waals surface area contributed by atoms with Gasteiger partial charge in [-0.2, -0.15) is 5.10 Å². The molecule has 1 atom stereocenters. The first kappa shape index (κ1) is 14.7. The molecule has 1 aromatic carbocycles. The molecule has 0 spiro atoms. The van der Waals surface area contributed by atoms with E-state index in [0.29, 0.717) is 12.5 Å². The van der Waals surface area contributed by atoms with Crippen molar-refractivity contribution in [3.8, 4) is 0 Å². The monoisotopic (exact) mass is 386 g/mol. The van der Waals surface area contributed by atoms with Crippen LogP contribution in [0.4, 0.5) is 0 Å². The summed E-state index contributed by atoms with van der Waals surface area (Å²) in [6, 6.07) is 6.25. The quantitative estimate of drug-likeness (QED) is 0.871. The zero-order valence-corrected chi connectivity index (χ0v) is 14.0. The summed E-state index contributed by atoms with van der Waals surface area (Å²) in [5.74, 6) is 0.915. The van der Waals surface area contributed by atoms with Crippen molar-refractivity contribution >= 4 is 31.9 Å². The molecule has 0 radical (unpaired) electrons. The Morgan fingerprint density at radius 2 is 1.84 bits per heavy atom. The van der Waals surface area contributed by atoms with Crippen LogP contribution in [0.3, 0.4) is 0 Å². The van der Waals surface area contributed by atoms with Gasteiger partial charge in [-0.25, -0.2) is 9.67 Å². The van der Waals surface area contributed by atoms with Crippen molar-refractivity contribution in [1.82, 2.24) is 14.8 Å². The second kappa shape index (κ2) is 6.15. The van der Waals surface area contributed by atoms with Gasteiger partial charge >= 0.3 is 0 Å². The molecule has 0 bridgehead atoms. The average molecular weight is 388 g/mol. The maximum absolute atomic E-state index is 6.27. The van der Waals surface area contributed by atoms with E-state index in [1.807, 2.05) is 22.9 Å². The highest BCUT2D eigenvalue weighted by atomic mass is 79.9. The number of hydrogen-bond acceptors (Lipinski definition) is 3. The summed E-state index contributed by atoms with van der Waals surface area (Å²) in [4.78, 5) is 4.30. The van der Waals surface area contributed by atoms with Crippen LogP contribution in [0.2, 0.25) is 0 Å². The van der Waals surface area contributed by atoms with E-state index in [2.05, 4.69) is 55.8 Å². The Kier molecular flexibility index (Phi) is 4.76. The molecule has 6 heteroatoms. The highest BCUT2D eigenvalue weighted by Crippen LogP contribution is 2.25. The minimum absolute atomic E-state index is 0.101. The van der Waals surface area contributed by atoms with Gasteiger partial charge in [-0.1, -0.05) is 31.9 Å². The fourth-order valence-electron chi connectivity index (χ4n) is 1.96. The van der Waals surface area contributed by atoms with Gasteiger partial charge in [0.05, 0.1) is 0 Å². The molecule has 0 fully saturated rings. The predicted octanol–water partition coefficient (Wildman–Crippen LogP) is 3.63. The first-order chi connectivity index (χ1) is 8.97. The molecule has 1 unspecified atom stereocenters. The molecule has 0 saturated carbocycles. The van der Waals surface area contributed by atoms with E-state index in [-0.39, 0.29) is 6.04 Å². The van der Waals surface area contributed by atoms with E-state index in [4.69, 9.17) is 5.73 Å². The van der Waals surface area contributed by atoms with Crippen molar-refractivity contribution in [3.05, 3.63) is 44.9 Å². The van der Waals surface area contributed by atoms with Gasteiger partial charge in [0.2, 0.25) is 0 Å². The van der Waals surface area contributed by atoms with Crippen molar-refractivity contribution in [2.24, 2.45) is 5.73 Å². The molecule has 0 saturated heterocycles. The Hall–Kier alpha value is -0.720. The van der Waals surface area contributed by atoms with Gasteiger partial charge in [0.25, 0.3) is 0 Å². The number of halogens is 2. The number of nitrogens with two attached hydrogens (primary N) is 1. The second-order valence-electron chi connectivity index (χ2n) is 4.73. The molecular weight excluding hydrogens is 372 g/mol. The lowest BCUT2D eigenvalue weighted by Crippen LogP contribution is -2.18. The predicted molar refractivity (Wildman–Crippen MR) is 82.9 cm³/mol. The minimum Gasteiger partial charge on any atom is -0.324 e. The van der Waals surface area contributed by atoms with Crippen molar-refractivity contribution in [2.45, 2.75) is 32.4 Å². The van der Waals surface area contributed by atoms with Crippen LogP contribution in [-0.2, 0) is 6.42 Å². The summed E-state index contributed by atoms with van der Waals surface area (Å²) in [6.45, 7) is 4.17. The summed E-state index contributed by atoms with van der Waals surface area (Å²) >= 11 is 6.96. The van der Waals surface area contributed by atoms with Gasteiger partial charge in [-0.15, -0.1) is 0 Å². The third kappa shape index (κ3) is 3.64. The Balaban J connectivity index is 2.20. The van der Waals surface area contributed by atoms with Crippen LogP contribution in [0.25, 0.3) is 0 Å². The van der Waals surface area contributed by atoms with Crippen LogP contribution in [0.5, 0.6) is 0 Å². The van der Waals surface area contributed by atoms with E-state index in [0.717, 1.165) is 20.3 Å². The van der Waals surface area contributed by atoms with Gasteiger partial charge in [0.1, 0.15) is 12.2 Å². The van der Waals surface area contributed by atoms with Crippen LogP contribution in [0.15, 0.2) is 33.5 Å². The summed E-state index contributed by atoms with van der Waals surface area (Å²) in [5.41, 5.74) is 7.34. The summed E-state index contributed by atoms with van der Waals surface area (Å²) in [5, 5.41) is 4.23. The largest absolute Gasteiger partial charge is 0.324 e. The first-order valence-electron chi connectivity index (χ1n) is 6.07. The summed E-state index contributed by atoms with van der Waals surface area (Å²) < 4.78 is 3.93. The van der Waals surface area contributed by atoms with Gasteiger partial charge in [-0.05, 0) is 37.6 Å². The molecule has 1 heterocycles. The standard InChI is InChI=1S/C13H16Br2N4/c1-8(2)19-13(17-7-18-19)6-12(16)9-3-10(14)5-11(15)4-9/h3-5,7-8,12H,6,16H2,1-2H3. The van der Waals surface area contributed by atoms with Crippen molar-refractivity contribution in [1.29, 1.82) is 0 Å². The van der Waals surface area contributed by atoms with E-state index in [9.17, 15) is 0 Å². The topological polar surface area (TPSA) is 56.7 Å². The number of benzene rings is 1. The van der Waals surface area contributed by atoms with Gasteiger partial charge in [0, 0.05) is 27.4 Å². The maximum atomic E-state index is 6.27. The van der Waals surface area contributed by atoms with Crippen molar-refractivity contribution in [3.63, 3.8) is 0 Å². The zero-order chi connectivity index (χ0) is 14.0. The lowest BCUT2D eigenvalue weighted by Gasteiger charge is -2.15. The lowest BCUT2D eigenvalue weighted by atomic mass is 10.0. The normalized spacial score (nSPS) is 12.9. The number of aromatic nitrogens is 3. The average Bonchev–Trinajstić information content (AvgIpc) is 2.75. The molecule has 0 aliphatic heterocycles. The third-order valence-corrected chi connectivity index (χ3v) is 3.77. The van der Waals surface area contributed by atoms with Crippen LogP contribution in [0, 0.1) is 0 Å². The van der Waals surface area contributed by atoms with Crippen molar-refractivity contribution < 1.29 is 0 Å². The van der Waals surface area contributed by atoms with Gasteiger partial charge in [-0.3, -0.25) is 0 Å². The van der Waals surface area contributed by atoms with E-state index in [1.165, 1.54) is 0 Å². The Bertz CT molecular complexity index is 545. The van der Waals surface area contributed by atoms with Crippen LogP contribution in [0.1, 0.15) is 37.3 Å². The lowest BCUT2D eigenvalue weighted by molar-refractivity contribution is 0.493. The molecule has 19 heavy (non-hydrogen) atoms. The Morgan fingerprint density at radius 1 is 1.21 bits per heavy atom. The molecule has 2 rings (SSSR count). The highest BCUT2D eigenvalue weighted by molar-refractivity contribution is 9.11. The van der Waals surface area contributed by atoms with E-state index < -0.39 is 0 Å². The summed E-state index contributed by atoms with van der Waals surface area (Å²) in [7, 11) is 0. The number of nitrogens with zero attached hydrogens (tertiary/aromatic N) is 3. The van der Waals surface area contributed by atoms with E-state index >= 15 is 0 Å². The zero-order valence-electron chi connectivity index (χ0n) is 10.8. The minimum atomic E-state index is -0.101. The molecule has 0 aliphatic rings. The fourth-order valence-corrected chi connectivity index (χ4v) is 3.28. The Labute approximate surface area is 129 Å². The third-order valence-electron chi connectivity index (χ3n) is 2.85. The SMILES string of the molecule is CC(C)n1ncnc1CC(N)c1cc(Br)cc(Br)c1. The molecule has 2 N–H and O–H groups in total. The molecule has 4 nitrogen and oxygen atoms in total. The highest BCUT2D eigenvalue weighted by Gasteiger charge is 2.14. The van der Waals surface area contributed by atoms with Crippen LogP contribution >= 0.6 is 31.9 Å². The molecule has 0 aliphatic carbocycles. The van der Waals surface area contributed by atoms with E-state index in [1.54, 1.807) is 6.33 Å². The molecule has 102 valence electrons. The molecular formula is C13H16Br2N4. The molecule has 2 aromatic rings. The van der Waals surface area contributed by atoms with Crippen LogP contribution in [-0.4, -0.2) is 14.8 Å².